The SMILES string of the molecule is CCc1nn(-c2cc(C)ccc2C)c(Cl)c1C#N. The number of hydrogen-bond acceptors (Lipinski definition) is 2. The molecule has 92 valence electrons. The van der Waals surface area contributed by atoms with E-state index in [1.807, 2.05) is 39.0 Å². The Balaban J connectivity index is 2.69. The molecule has 0 fully saturated rings. The van der Waals surface area contributed by atoms with Crippen LogP contribution in [0.25, 0.3) is 5.69 Å². The number of benzene rings is 1. The van der Waals surface area contributed by atoms with Gasteiger partial charge in [0.2, 0.25) is 0 Å². The highest BCUT2D eigenvalue weighted by atomic mass is 35.5. The van der Waals surface area contributed by atoms with Crippen molar-refractivity contribution in [2.75, 3.05) is 0 Å². The monoisotopic (exact) mass is 259 g/mol. The van der Waals surface area contributed by atoms with Crippen molar-refractivity contribution in [2.24, 2.45) is 0 Å². The Bertz CT molecular complexity index is 635. The van der Waals surface area contributed by atoms with Crippen LogP contribution in [0.4, 0.5) is 0 Å². The van der Waals surface area contributed by atoms with E-state index in [4.69, 9.17) is 16.9 Å². The highest BCUT2D eigenvalue weighted by Crippen LogP contribution is 2.25. The minimum atomic E-state index is 0.392. The summed E-state index contributed by atoms with van der Waals surface area (Å²) in [5.41, 5.74) is 4.36. The Kier molecular flexibility index (Phi) is 3.40. The van der Waals surface area contributed by atoms with Gasteiger partial charge in [0.25, 0.3) is 0 Å². The van der Waals surface area contributed by atoms with Crippen LogP contribution in [-0.4, -0.2) is 9.78 Å². The van der Waals surface area contributed by atoms with Crippen molar-refractivity contribution in [1.82, 2.24) is 9.78 Å². The number of nitrogens with zero attached hydrogens (tertiary/aromatic N) is 3. The van der Waals surface area contributed by atoms with Gasteiger partial charge >= 0.3 is 0 Å². The van der Waals surface area contributed by atoms with Gasteiger partial charge < -0.3 is 0 Å². The highest BCUT2D eigenvalue weighted by molar-refractivity contribution is 6.31. The van der Waals surface area contributed by atoms with Crippen LogP contribution in [0.2, 0.25) is 5.15 Å². The van der Waals surface area contributed by atoms with E-state index in [1.54, 1.807) is 4.68 Å². The number of rotatable bonds is 2. The maximum atomic E-state index is 9.13. The number of aryl methyl sites for hydroxylation is 3. The molecule has 0 saturated heterocycles. The number of hydrogen-bond donors (Lipinski definition) is 0. The highest BCUT2D eigenvalue weighted by Gasteiger charge is 2.16. The van der Waals surface area contributed by atoms with Crippen LogP contribution in [0.15, 0.2) is 18.2 Å². The van der Waals surface area contributed by atoms with E-state index >= 15 is 0 Å². The van der Waals surface area contributed by atoms with E-state index < -0.39 is 0 Å². The minimum Gasteiger partial charge on any atom is -0.220 e. The van der Waals surface area contributed by atoms with Gasteiger partial charge in [0, 0.05) is 0 Å². The van der Waals surface area contributed by atoms with Crippen LogP contribution in [0.5, 0.6) is 0 Å². The molecule has 1 aromatic heterocycles. The molecule has 0 unspecified atom stereocenters. The molecular weight excluding hydrogens is 246 g/mol. The maximum absolute atomic E-state index is 9.13. The summed E-state index contributed by atoms with van der Waals surface area (Å²) < 4.78 is 1.65. The Labute approximate surface area is 112 Å². The Morgan fingerprint density at radius 1 is 1.39 bits per heavy atom. The molecule has 0 aliphatic rings. The number of halogens is 1. The molecule has 0 radical (unpaired) electrons. The van der Waals surface area contributed by atoms with Crippen molar-refractivity contribution in [1.29, 1.82) is 5.26 Å². The Hall–Kier alpha value is -1.79. The number of nitriles is 1. The average molecular weight is 260 g/mol. The molecule has 1 heterocycles. The smallest absolute Gasteiger partial charge is 0.150 e. The summed E-state index contributed by atoms with van der Waals surface area (Å²) in [6, 6.07) is 8.22. The van der Waals surface area contributed by atoms with Crippen LogP contribution >= 0.6 is 11.6 Å². The van der Waals surface area contributed by atoms with E-state index in [0.29, 0.717) is 17.1 Å². The lowest BCUT2D eigenvalue weighted by Gasteiger charge is -2.08. The van der Waals surface area contributed by atoms with Gasteiger partial charge in [-0.25, -0.2) is 4.68 Å². The summed E-state index contributed by atoms with van der Waals surface area (Å²) in [5, 5.41) is 14.0. The summed E-state index contributed by atoms with van der Waals surface area (Å²) in [6.45, 7) is 5.99. The molecule has 0 aliphatic carbocycles. The van der Waals surface area contributed by atoms with Gasteiger partial charge in [-0.2, -0.15) is 10.4 Å². The van der Waals surface area contributed by atoms with Crippen LogP contribution in [0.3, 0.4) is 0 Å². The predicted octanol–water partition coefficient (Wildman–Crippen LogP) is 3.58. The molecule has 0 amide bonds. The van der Waals surface area contributed by atoms with Crippen molar-refractivity contribution in [3.05, 3.63) is 45.7 Å². The molecule has 4 heteroatoms. The first-order chi connectivity index (χ1) is 8.58. The molecule has 0 aliphatic heterocycles. The molecule has 0 saturated carbocycles. The zero-order chi connectivity index (χ0) is 13.3. The summed E-state index contributed by atoms with van der Waals surface area (Å²) in [5.74, 6) is 0. The second kappa shape index (κ2) is 4.83. The third kappa shape index (κ3) is 2.00. The predicted molar refractivity (Wildman–Crippen MR) is 72.1 cm³/mol. The van der Waals surface area contributed by atoms with Crippen molar-refractivity contribution in [3.8, 4) is 11.8 Å². The topological polar surface area (TPSA) is 41.6 Å². The van der Waals surface area contributed by atoms with E-state index in [9.17, 15) is 0 Å². The quantitative estimate of drug-likeness (QED) is 0.827. The second-order valence-corrected chi connectivity index (χ2v) is 4.64. The summed E-state index contributed by atoms with van der Waals surface area (Å²) >= 11 is 6.25. The number of aromatic nitrogens is 2. The molecule has 2 rings (SSSR count). The lowest BCUT2D eigenvalue weighted by atomic mass is 10.1. The van der Waals surface area contributed by atoms with E-state index in [-0.39, 0.29) is 0 Å². The molecule has 0 N–H and O–H groups in total. The lowest BCUT2D eigenvalue weighted by Crippen LogP contribution is -2.00. The zero-order valence-corrected chi connectivity index (χ0v) is 11.4. The summed E-state index contributed by atoms with van der Waals surface area (Å²) in [6.07, 6.45) is 0.695. The van der Waals surface area contributed by atoms with Crippen LogP contribution in [0, 0.1) is 25.2 Å². The van der Waals surface area contributed by atoms with Gasteiger partial charge in [0.1, 0.15) is 11.6 Å². The minimum absolute atomic E-state index is 0.392. The van der Waals surface area contributed by atoms with Crippen LogP contribution in [0.1, 0.15) is 29.3 Å². The molecule has 18 heavy (non-hydrogen) atoms. The van der Waals surface area contributed by atoms with Crippen molar-refractivity contribution < 1.29 is 0 Å². The first-order valence-electron chi connectivity index (χ1n) is 5.83. The van der Waals surface area contributed by atoms with E-state index in [0.717, 1.165) is 22.5 Å². The Morgan fingerprint density at radius 3 is 2.67 bits per heavy atom. The first-order valence-corrected chi connectivity index (χ1v) is 6.21. The standard InChI is InChI=1S/C14H14ClN3/c1-4-12-11(8-16)14(15)18(17-12)13-7-9(2)5-6-10(13)3/h5-7H,4H2,1-3H3. The molecule has 2 aromatic rings. The summed E-state index contributed by atoms with van der Waals surface area (Å²) in [7, 11) is 0. The summed E-state index contributed by atoms with van der Waals surface area (Å²) in [4.78, 5) is 0. The van der Waals surface area contributed by atoms with Gasteiger partial charge in [-0.3, -0.25) is 0 Å². The van der Waals surface area contributed by atoms with E-state index in [2.05, 4.69) is 11.2 Å². The van der Waals surface area contributed by atoms with Gasteiger partial charge in [0.05, 0.1) is 11.4 Å². The molecule has 0 spiro atoms. The largest absolute Gasteiger partial charge is 0.220 e. The molecule has 1 aromatic carbocycles. The fraction of sp³-hybridized carbons (Fsp3) is 0.286. The van der Waals surface area contributed by atoms with Crippen molar-refractivity contribution in [2.45, 2.75) is 27.2 Å². The van der Waals surface area contributed by atoms with Crippen molar-refractivity contribution >= 4 is 11.6 Å². The fourth-order valence-corrected chi connectivity index (χ4v) is 2.19. The van der Waals surface area contributed by atoms with Gasteiger partial charge in [-0.05, 0) is 37.5 Å². The molecule has 0 atom stereocenters. The third-order valence-corrected chi connectivity index (χ3v) is 3.29. The average Bonchev–Trinajstić information content (AvgIpc) is 2.68. The molecule has 3 nitrogen and oxygen atoms in total. The molecule has 0 bridgehead atoms. The maximum Gasteiger partial charge on any atom is 0.150 e. The van der Waals surface area contributed by atoms with E-state index in [1.165, 1.54) is 0 Å². The van der Waals surface area contributed by atoms with Gasteiger partial charge in [-0.15, -0.1) is 0 Å². The fourth-order valence-electron chi connectivity index (χ4n) is 1.90. The van der Waals surface area contributed by atoms with Crippen molar-refractivity contribution in [3.63, 3.8) is 0 Å². The zero-order valence-electron chi connectivity index (χ0n) is 10.7. The first kappa shape index (κ1) is 12.7. The Morgan fingerprint density at radius 2 is 2.11 bits per heavy atom. The normalized spacial score (nSPS) is 10.4. The van der Waals surface area contributed by atoms with Gasteiger partial charge in [-0.1, -0.05) is 30.7 Å². The third-order valence-electron chi connectivity index (χ3n) is 2.94. The second-order valence-electron chi connectivity index (χ2n) is 4.28. The molecular formula is C14H14ClN3. The van der Waals surface area contributed by atoms with Crippen LogP contribution in [-0.2, 0) is 6.42 Å². The van der Waals surface area contributed by atoms with Crippen LogP contribution < -0.4 is 0 Å². The lowest BCUT2D eigenvalue weighted by molar-refractivity contribution is 0.835. The van der Waals surface area contributed by atoms with Gasteiger partial charge in [0.15, 0.2) is 5.15 Å².